The number of halogens is 1. The smallest absolute Gasteiger partial charge is 0.340 e. The van der Waals surface area contributed by atoms with Crippen LogP contribution in [0.15, 0.2) is 192 Å². The average molecular weight is 2050 g/mol. The maximum Gasteiger partial charge on any atom is 0.340 e. The number of cyclic esters (lactones) is 1. The van der Waals surface area contributed by atoms with Crippen LogP contribution in [0.3, 0.4) is 0 Å². The highest BCUT2D eigenvalue weighted by molar-refractivity contribution is 6.74. The molecule has 9 saturated heterocycles. The number of rotatable bonds is 32. The maximum atomic E-state index is 14.2. The van der Waals surface area contributed by atoms with Crippen molar-refractivity contribution in [2.75, 3.05) is 19.8 Å². The molecule has 0 radical (unpaired) electrons. The second-order valence-corrected chi connectivity index (χ2v) is 47.3. The van der Waals surface area contributed by atoms with E-state index in [2.05, 4.69) is 99.1 Å². The highest BCUT2D eigenvalue weighted by Crippen LogP contribution is 2.46. The van der Waals surface area contributed by atoms with Gasteiger partial charge >= 0.3 is 17.9 Å². The van der Waals surface area contributed by atoms with E-state index in [0.29, 0.717) is 87.0 Å². The minimum Gasteiger partial charge on any atom is -0.461 e. The average Bonchev–Trinajstić information content (AvgIpc) is 1.63. The molecule has 145 heavy (non-hydrogen) atoms. The minimum absolute atomic E-state index is 0.0164. The Bertz CT molecular complexity index is 4720. The number of aliphatic hydroxyl groups excluding tert-OH is 8. The fourth-order valence-electron chi connectivity index (χ4n) is 18.5. The number of benzene rings is 4. The Morgan fingerprint density at radius 1 is 0.490 bits per heavy atom. The lowest BCUT2D eigenvalue weighted by Crippen LogP contribution is -2.53. The number of aliphatic hydroxyl groups is 8. The molecule has 812 valence electrons. The quantitative estimate of drug-likeness (QED) is 0.00949. The molecule has 4 aromatic carbocycles. The summed E-state index contributed by atoms with van der Waals surface area (Å²) >= 11 is 0. The lowest BCUT2D eigenvalue weighted by atomic mass is 9.82. The summed E-state index contributed by atoms with van der Waals surface area (Å²) < 4.78 is 112. The van der Waals surface area contributed by atoms with Crippen LogP contribution in [0.1, 0.15) is 217 Å². The van der Waals surface area contributed by atoms with Gasteiger partial charge in [-0.2, -0.15) is 0 Å². The predicted molar refractivity (Wildman–Crippen MR) is 553 cm³/mol. The molecule has 9 fully saturated rings. The normalized spacial score (nSPS) is 32.6. The van der Waals surface area contributed by atoms with Crippen LogP contribution in [-0.4, -0.2) is 257 Å². The van der Waals surface area contributed by atoms with Gasteiger partial charge < -0.3 is 126 Å². The van der Waals surface area contributed by atoms with Crippen molar-refractivity contribution >= 4 is 32.1 Å². The van der Waals surface area contributed by atoms with Crippen LogP contribution in [0.5, 0.6) is 5.75 Å². The summed E-state index contributed by atoms with van der Waals surface area (Å²) in [4.78, 5) is 48.2. The van der Waals surface area contributed by atoms with Gasteiger partial charge in [0.1, 0.15) is 54.3 Å². The van der Waals surface area contributed by atoms with E-state index < -0.39 is 111 Å². The third-order valence-corrected chi connectivity index (χ3v) is 33.1. The van der Waals surface area contributed by atoms with Crippen molar-refractivity contribution in [1.29, 1.82) is 0 Å². The molecule has 1 amide bonds. The minimum atomic E-state index is -1.84. The van der Waals surface area contributed by atoms with Gasteiger partial charge in [-0.05, 0) is 201 Å². The summed E-state index contributed by atoms with van der Waals surface area (Å²) in [6.45, 7) is 71.9. The molecule has 9 aliphatic rings. The molecular formula is C113H170FNO29Si. The first-order chi connectivity index (χ1) is 68.0. The molecule has 9 N–H and O–H groups in total. The summed E-state index contributed by atoms with van der Waals surface area (Å²) in [5.41, 5.74) is 3.28. The zero-order valence-electron chi connectivity index (χ0n) is 89.6. The van der Waals surface area contributed by atoms with E-state index >= 15 is 0 Å². The number of hydrogen-bond acceptors (Lipinski definition) is 29. The lowest BCUT2D eigenvalue weighted by Gasteiger charge is -2.43. The number of hydrogen-bond donors (Lipinski definition) is 9. The summed E-state index contributed by atoms with van der Waals surface area (Å²) in [5, 5.41) is 80.4. The van der Waals surface area contributed by atoms with Crippen molar-refractivity contribution in [3.8, 4) is 16.9 Å². The molecule has 13 rings (SSSR count). The highest BCUT2D eigenvalue weighted by Gasteiger charge is 2.57. The number of ether oxygens (including phenoxy) is 16. The molecule has 4 unspecified atom stereocenters. The van der Waals surface area contributed by atoms with E-state index in [9.17, 15) is 64.4 Å². The SMILES string of the molecule is C=CC[C@@H]1OC(=O)[C@@H]2OC(C)(C)O[C@@H]2[C@H]1C.C=CC[C@@H]1OC(O)[C@@H]2OC(C)(C)O[C@@H]2[C@H]1C.C=CC[C@@H]1OC(O)[C@H](O)[C@H](O)[C@H]1C.C=CC[C@@H]1OC(OC(=O)c2ccccc2)[C@H](O)[C@H](C)[C@H]1C.C=CC[C@@H]1O[C@@H](Oc2ccc(CCNC(C)=O)c(-c3cccc(F)c3)c2)C(OC(=O)c2ccccc2)[C@H](C)[C@H]1C.C=CC[C@H](O)[C@H](C)[C@H]1OC(C)(C)O[C@H]1CO.C=CC[C@H](O)[C@H](C)[C@H]1OC(C)(C)O[C@H]1CO[Si](C)(C)C(C)(C)C. The predicted octanol–water partition coefficient (Wildman–Crippen LogP) is 17.0. The van der Waals surface area contributed by atoms with E-state index in [1.165, 1.54) is 19.1 Å². The van der Waals surface area contributed by atoms with Gasteiger partial charge in [0.25, 0.3) is 0 Å². The Morgan fingerprint density at radius 3 is 1.46 bits per heavy atom. The molecule has 9 heterocycles. The van der Waals surface area contributed by atoms with Gasteiger partial charge in [-0.1, -0.05) is 180 Å². The summed E-state index contributed by atoms with van der Waals surface area (Å²) in [7, 11) is -1.84. The van der Waals surface area contributed by atoms with Crippen molar-refractivity contribution in [3.63, 3.8) is 0 Å². The van der Waals surface area contributed by atoms with E-state index in [-0.39, 0.29) is 156 Å². The lowest BCUT2D eigenvalue weighted by molar-refractivity contribution is -0.265. The third-order valence-electron chi connectivity index (χ3n) is 28.6. The van der Waals surface area contributed by atoms with E-state index in [4.69, 9.17) is 80.2 Å². The molecule has 9 aliphatic heterocycles. The molecule has 32 heteroatoms. The van der Waals surface area contributed by atoms with Gasteiger partial charge in [-0.25, -0.2) is 18.8 Å². The number of carbonyl (C=O) groups excluding carboxylic acids is 4. The standard InChI is InChI=1S/C33H36FNO5.C18H36O4Si.C17H22O4.C12H20O4.C12H18O4.C12H22O4.C9H16O4/c1-5-10-30-21(2)22(3)31(40-32(37)25-11-7-6-8-12-25)33(39-30)38-28-16-15-24(17-18-35-23(4)36)29(20-28)26-13-9-14-27(34)19-26;1-10-11-14(19)13(2)16-15(21-18(6,7)22-16)12-20-23(8,9)17(3,4)5;1-4-8-14-11(2)12(3)15(18)17(20-14)21-16(19)13-9-6-5-7-10-13;2*1-5-6-8-7(2)9-10(11(13)14-8)16-12(3,4)15-9;1-5-6-9(14)8(2)11-10(7-13)15-12(3,4)16-11;1-3-4-6-5(2)7(10)8(11)9(12)13-6/h5-9,11-16,19-22,30-31,33H,1,10,17-18H2,2-4H3,(H,35,36);10,13-16,19H,1,11-12H2,2-9H3;4-7,9-12,14-15,17-18H,1,8H2,2-3H3;5,7-11,13H,1,6H2,2-4H3;5,7-10H,1,6H2,2-4H3;5,8-11,13-14H,1,6-7H2,2-4H3;3,5-12H,1,4H2,2H3/t21-,22-,30+,31?,33-;13-,14-,15-,16+;11-,12-,14+,15-,17?;7-,8-,9+,10+,11?;7-,8-,9+,10+;8-,9-,10-,11+;5-,6-,7+,8+,9?/m1010000/s1. The van der Waals surface area contributed by atoms with Crippen LogP contribution in [0.25, 0.3) is 11.1 Å². The van der Waals surface area contributed by atoms with Crippen LogP contribution >= 0.6 is 0 Å². The van der Waals surface area contributed by atoms with Crippen LogP contribution < -0.4 is 10.1 Å². The van der Waals surface area contributed by atoms with Crippen molar-refractivity contribution in [3.05, 3.63) is 214 Å². The monoisotopic (exact) mass is 2050 g/mol. The van der Waals surface area contributed by atoms with Gasteiger partial charge in [-0.3, -0.25) is 4.79 Å². The Hall–Kier alpha value is -7.95. The molecule has 30 nitrogen and oxygen atoms in total. The maximum absolute atomic E-state index is 14.2. The Labute approximate surface area is 860 Å². The molecule has 0 spiro atoms. The van der Waals surface area contributed by atoms with Crippen LogP contribution in [-0.2, 0) is 91.5 Å². The number of fused-ring (bicyclic) bond motifs is 2. The zero-order chi connectivity index (χ0) is 108. The first-order valence-electron chi connectivity index (χ1n) is 50.8. The highest BCUT2D eigenvalue weighted by atomic mass is 28.4. The van der Waals surface area contributed by atoms with Gasteiger partial charge in [0, 0.05) is 55.4 Å². The molecule has 4 aromatic rings. The largest absolute Gasteiger partial charge is 0.461 e. The van der Waals surface area contributed by atoms with Crippen LogP contribution in [0.2, 0.25) is 18.1 Å². The molecule has 0 aromatic heterocycles. The topological polar surface area (TPSA) is 399 Å². The summed E-state index contributed by atoms with van der Waals surface area (Å²) in [6, 6.07) is 29.4. The van der Waals surface area contributed by atoms with Gasteiger partial charge in [0.15, 0.2) is 56.3 Å². The fraction of sp³-hybridized carbons (Fsp3) is 0.628. The van der Waals surface area contributed by atoms with Crippen LogP contribution in [0.4, 0.5) is 4.39 Å². The Balaban J connectivity index is 0.000000238. The van der Waals surface area contributed by atoms with E-state index in [1.807, 2.05) is 139 Å². The second kappa shape index (κ2) is 56.2. The molecule has 0 aliphatic carbocycles. The third kappa shape index (κ3) is 35.3. The number of esters is 3. The molecular weight excluding hydrogens is 1880 g/mol. The number of carbonyl (C=O) groups is 4. The summed E-state index contributed by atoms with van der Waals surface area (Å²) in [5.74, 6) is -3.75. The van der Waals surface area contributed by atoms with Gasteiger partial charge in [-0.15, -0.1) is 46.1 Å². The Morgan fingerprint density at radius 2 is 0.945 bits per heavy atom. The van der Waals surface area contributed by atoms with E-state index in [0.717, 1.165) is 11.1 Å². The Kier molecular flexibility index (Phi) is 48.1. The van der Waals surface area contributed by atoms with Crippen molar-refractivity contribution in [2.24, 2.45) is 53.3 Å². The van der Waals surface area contributed by atoms with Gasteiger partial charge in [0.2, 0.25) is 18.5 Å². The van der Waals surface area contributed by atoms with Crippen LogP contribution in [0, 0.1) is 59.1 Å². The number of nitrogens with one attached hydrogen (secondary N) is 1. The summed E-state index contributed by atoms with van der Waals surface area (Å²) in [6.07, 6.45) is 5.42. The molecule has 0 saturated carbocycles. The second-order valence-electron chi connectivity index (χ2n) is 42.5. The first kappa shape index (κ1) is 124. The molecule has 0 bridgehead atoms. The van der Waals surface area contributed by atoms with Crippen molar-refractivity contribution in [1.82, 2.24) is 5.32 Å². The fourth-order valence-corrected chi connectivity index (χ4v) is 19.5. The van der Waals surface area contributed by atoms with Crippen molar-refractivity contribution in [2.45, 2.75) is 379 Å². The number of amides is 1. The zero-order valence-corrected chi connectivity index (χ0v) is 90.6. The van der Waals surface area contributed by atoms with E-state index in [1.54, 1.807) is 98.0 Å². The molecule has 32 atom stereocenters. The van der Waals surface area contributed by atoms with Gasteiger partial charge in [0.05, 0.1) is 85.4 Å². The van der Waals surface area contributed by atoms with Crippen molar-refractivity contribution < 1.29 is 145 Å². The first-order valence-corrected chi connectivity index (χ1v) is 53.7.